The van der Waals surface area contributed by atoms with E-state index in [0.29, 0.717) is 25.0 Å². The Hall–Kier alpha value is -1.47. The zero-order chi connectivity index (χ0) is 25.7. The number of hydrogen-bond donors (Lipinski definition) is 4. The van der Waals surface area contributed by atoms with Crippen LogP contribution in [0.15, 0.2) is 35.6 Å². The maximum absolute atomic E-state index is 13.3. The van der Waals surface area contributed by atoms with Gasteiger partial charge in [0.2, 0.25) is 0 Å². The number of rotatable bonds is 2. The highest BCUT2D eigenvalue weighted by molar-refractivity contribution is 5.97. The molecule has 0 aromatic carbocycles. The first-order valence-corrected chi connectivity index (χ1v) is 13.3. The third-order valence-electron chi connectivity index (χ3n) is 11.8. The van der Waals surface area contributed by atoms with Gasteiger partial charge in [0.25, 0.3) is 0 Å². The molecule has 11 atom stereocenters. The SMILES string of the molecule is C=C1O[C@@H]([C@@H](C)[C@@]2(O)CC[C@H]3[C@@H]4C[C@H](O)[C@]5(O)[C@@H](O)C=CC(=O)[C@]5(C)[C@H]4CC[C@@]32C)CC(C)=C1C. The van der Waals surface area contributed by atoms with Gasteiger partial charge in [-0.05, 0) is 93.8 Å². The van der Waals surface area contributed by atoms with E-state index in [2.05, 4.69) is 27.4 Å². The first-order valence-electron chi connectivity index (χ1n) is 13.3. The number of allylic oxidation sites excluding steroid dienone is 2. The predicted molar refractivity (Wildman–Crippen MR) is 132 cm³/mol. The molecular formula is C29H42O6. The van der Waals surface area contributed by atoms with Crippen molar-refractivity contribution in [3.8, 4) is 0 Å². The van der Waals surface area contributed by atoms with Gasteiger partial charge in [-0.15, -0.1) is 0 Å². The molecule has 0 unspecified atom stereocenters. The van der Waals surface area contributed by atoms with Gasteiger partial charge < -0.3 is 25.2 Å². The van der Waals surface area contributed by atoms with Gasteiger partial charge in [-0.3, -0.25) is 4.79 Å². The van der Waals surface area contributed by atoms with Gasteiger partial charge in [0.05, 0.1) is 17.1 Å². The highest BCUT2D eigenvalue weighted by atomic mass is 16.5. The molecule has 4 aliphatic carbocycles. The van der Waals surface area contributed by atoms with Crippen LogP contribution in [0.3, 0.4) is 0 Å². The molecule has 194 valence electrons. The summed E-state index contributed by atoms with van der Waals surface area (Å²) in [5.74, 6) is 0.252. The lowest BCUT2D eigenvalue weighted by Crippen LogP contribution is -2.74. The first-order chi connectivity index (χ1) is 16.2. The lowest BCUT2D eigenvalue weighted by Gasteiger charge is -2.64. The smallest absolute Gasteiger partial charge is 0.164 e. The summed E-state index contributed by atoms with van der Waals surface area (Å²) in [5, 5.41) is 45.8. The summed E-state index contributed by atoms with van der Waals surface area (Å²) >= 11 is 0. The lowest BCUT2D eigenvalue weighted by atomic mass is 9.42. The van der Waals surface area contributed by atoms with E-state index in [0.717, 1.165) is 24.8 Å². The highest BCUT2D eigenvalue weighted by Gasteiger charge is 2.73. The van der Waals surface area contributed by atoms with E-state index in [1.54, 1.807) is 6.92 Å². The largest absolute Gasteiger partial charge is 0.490 e. The Morgan fingerprint density at radius 1 is 1.11 bits per heavy atom. The molecule has 3 saturated carbocycles. The molecule has 1 heterocycles. The number of ketones is 1. The predicted octanol–water partition coefficient (Wildman–Crippen LogP) is 3.44. The number of fused-ring (bicyclic) bond motifs is 5. The second kappa shape index (κ2) is 7.77. The molecule has 35 heavy (non-hydrogen) atoms. The molecule has 6 heteroatoms. The molecule has 0 spiro atoms. The van der Waals surface area contributed by atoms with E-state index in [4.69, 9.17) is 4.74 Å². The van der Waals surface area contributed by atoms with Gasteiger partial charge in [-0.2, -0.15) is 0 Å². The third kappa shape index (κ3) is 2.94. The van der Waals surface area contributed by atoms with Crippen LogP contribution in [-0.2, 0) is 9.53 Å². The van der Waals surface area contributed by atoms with Crippen molar-refractivity contribution in [1.29, 1.82) is 0 Å². The van der Waals surface area contributed by atoms with Gasteiger partial charge in [-0.25, -0.2) is 0 Å². The summed E-state index contributed by atoms with van der Waals surface area (Å²) in [6.45, 7) is 14.2. The van der Waals surface area contributed by atoms with Crippen LogP contribution in [0.5, 0.6) is 0 Å². The summed E-state index contributed by atoms with van der Waals surface area (Å²) in [4.78, 5) is 13.3. The number of aliphatic hydroxyl groups is 4. The molecule has 4 N–H and O–H groups in total. The minimum Gasteiger partial charge on any atom is -0.490 e. The average molecular weight is 487 g/mol. The Labute approximate surface area is 208 Å². The van der Waals surface area contributed by atoms with Crippen molar-refractivity contribution in [2.24, 2.45) is 34.5 Å². The van der Waals surface area contributed by atoms with E-state index in [9.17, 15) is 25.2 Å². The monoisotopic (exact) mass is 486 g/mol. The summed E-state index contributed by atoms with van der Waals surface area (Å²) in [5.41, 5.74) is -2.18. The quantitative estimate of drug-likeness (QED) is 0.476. The molecule has 0 amide bonds. The molecule has 0 bridgehead atoms. The number of aliphatic hydroxyl groups excluding tert-OH is 2. The van der Waals surface area contributed by atoms with Gasteiger partial charge in [0.1, 0.15) is 23.6 Å². The first kappa shape index (κ1) is 25.2. The Balaban J connectivity index is 1.48. The standard InChI is InChI=1S/C29H42O6/c1-15-13-22(35-18(4)16(15)2)17(3)28(33)12-10-20-19-14-25(32)29(34)24(31)8-7-23(30)27(29,6)21(19)9-11-26(20,28)5/h7-8,17,19-22,24-25,31-34H,4,9-14H2,1-3,5-6H3/t17-,19+,20+,21+,22-,24+,25+,26+,27+,28+,29-/m1/s1. The number of carbonyl (C=O) groups excluding carboxylic acids is 1. The number of carbonyl (C=O) groups is 1. The minimum atomic E-state index is -1.89. The molecule has 6 nitrogen and oxygen atoms in total. The summed E-state index contributed by atoms with van der Waals surface area (Å²) in [6.07, 6.45) is 3.93. The zero-order valence-corrected chi connectivity index (χ0v) is 21.8. The highest BCUT2D eigenvalue weighted by Crippen LogP contribution is 2.69. The molecule has 0 saturated heterocycles. The van der Waals surface area contributed by atoms with Crippen molar-refractivity contribution in [3.05, 3.63) is 35.6 Å². The van der Waals surface area contributed by atoms with Crippen LogP contribution < -0.4 is 0 Å². The molecular weight excluding hydrogens is 444 g/mol. The van der Waals surface area contributed by atoms with Gasteiger partial charge in [0.15, 0.2) is 5.78 Å². The summed E-state index contributed by atoms with van der Waals surface area (Å²) in [7, 11) is 0. The molecule has 0 aromatic rings. The van der Waals surface area contributed by atoms with Crippen LogP contribution in [0.2, 0.25) is 0 Å². The van der Waals surface area contributed by atoms with Crippen molar-refractivity contribution in [2.45, 2.75) is 103 Å². The van der Waals surface area contributed by atoms with Crippen LogP contribution in [0.1, 0.15) is 73.1 Å². The minimum absolute atomic E-state index is 0.0241. The maximum atomic E-state index is 13.3. The fourth-order valence-corrected chi connectivity index (χ4v) is 9.19. The Morgan fingerprint density at radius 2 is 1.77 bits per heavy atom. The van der Waals surface area contributed by atoms with Crippen LogP contribution in [0.4, 0.5) is 0 Å². The van der Waals surface area contributed by atoms with E-state index < -0.39 is 34.2 Å². The third-order valence-corrected chi connectivity index (χ3v) is 11.8. The van der Waals surface area contributed by atoms with Gasteiger partial charge in [0, 0.05) is 12.3 Å². The maximum Gasteiger partial charge on any atom is 0.164 e. The van der Waals surface area contributed by atoms with E-state index in [-0.39, 0.29) is 35.6 Å². The second-order valence-corrected chi connectivity index (χ2v) is 12.7. The van der Waals surface area contributed by atoms with Crippen molar-refractivity contribution in [3.63, 3.8) is 0 Å². The van der Waals surface area contributed by atoms with Crippen molar-refractivity contribution in [2.75, 3.05) is 0 Å². The number of hydrogen-bond acceptors (Lipinski definition) is 6. The summed E-state index contributed by atoms with van der Waals surface area (Å²) in [6, 6.07) is 0. The Morgan fingerprint density at radius 3 is 2.43 bits per heavy atom. The van der Waals surface area contributed by atoms with E-state index in [1.807, 2.05) is 6.92 Å². The van der Waals surface area contributed by atoms with Crippen molar-refractivity contribution in [1.82, 2.24) is 0 Å². The molecule has 3 fully saturated rings. The Kier molecular flexibility index (Phi) is 5.59. The fraction of sp³-hybridized carbons (Fsp3) is 0.759. The van der Waals surface area contributed by atoms with Crippen LogP contribution >= 0.6 is 0 Å². The van der Waals surface area contributed by atoms with E-state index in [1.165, 1.54) is 17.7 Å². The molecule has 0 aromatic heterocycles. The fourth-order valence-electron chi connectivity index (χ4n) is 9.19. The average Bonchev–Trinajstić information content (AvgIpc) is 3.09. The van der Waals surface area contributed by atoms with Crippen LogP contribution in [0.25, 0.3) is 0 Å². The topological polar surface area (TPSA) is 107 Å². The number of ether oxygens (including phenoxy) is 1. The van der Waals surface area contributed by atoms with Crippen molar-refractivity contribution >= 4 is 5.78 Å². The van der Waals surface area contributed by atoms with Crippen molar-refractivity contribution < 1.29 is 30.0 Å². The lowest BCUT2D eigenvalue weighted by molar-refractivity contribution is -0.264. The Bertz CT molecular complexity index is 1010. The van der Waals surface area contributed by atoms with Gasteiger partial charge in [-0.1, -0.05) is 26.0 Å². The van der Waals surface area contributed by atoms with Crippen LogP contribution in [0, 0.1) is 34.5 Å². The molecule has 0 radical (unpaired) electrons. The molecule has 5 aliphatic rings. The summed E-state index contributed by atoms with van der Waals surface area (Å²) < 4.78 is 6.22. The van der Waals surface area contributed by atoms with E-state index >= 15 is 0 Å². The van der Waals surface area contributed by atoms with Gasteiger partial charge >= 0.3 is 0 Å². The molecule has 5 rings (SSSR count). The van der Waals surface area contributed by atoms with Crippen LogP contribution in [-0.4, -0.2) is 55.7 Å². The zero-order valence-electron chi connectivity index (χ0n) is 21.8. The molecule has 1 aliphatic heterocycles. The second-order valence-electron chi connectivity index (χ2n) is 12.7. The normalized spacial score (nSPS) is 52.5.